The van der Waals surface area contributed by atoms with Crippen LogP contribution in [0.25, 0.3) is 0 Å². The zero-order valence-electron chi connectivity index (χ0n) is 23.2. The molecule has 0 radical (unpaired) electrons. The van der Waals surface area contributed by atoms with E-state index in [0.717, 1.165) is 35.6 Å². The summed E-state index contributed by atoms with van der Waals surface area (Å²) in [5, 5.41) is 26.6. The van der Waals surface area contributed by atoms with Gasteiger partial charge >= 0.3 is 6.18 Å². The Labute approximate surface area is 248 Å². The molecule has 0 fully saturated rings. The number of nitrogens with one attached hydrogen (secondary N) is 3. The normalized spacial score (nSPS) is 13.0. The van der Waals surface area contributed by atoms with Crippen molar-refractivity contribution in [2.75, 3.05) is 17.5 Å². The van der Waals surface area contributed by atoms with E-state index in [2.05, 4.69) is 15.4 Å². The summed E-state index contributed by atoms with van der Waals surface area (Å²) >= 11 is 5.99. The standard InChI is InChI=1S/C29H33ClF3N3O5S/c1-28(2,35-17-26(38)20-8-11-25(37)24(14-20)36-42(3,40)41)15-19-6-4-18(5-7-19)12-27(39)34-16-21-13-22(29(31,32)33)9-10-23(21)30/h4-11,13-14,26,35-38H,12,15-17H2,1-3H3,(H,34,39)/t26-/m1/s1. The number of β-amino-alcohol motifs (C(OH)–C–C–N with tert-alkyl or cyclic N) is 1. The topological polar surface area (TPSA) is 128 Å². The molecule has 3 aromatic rings. The highest BCUT2D eigenvalue weighted by molar-refractivity contribution is 7.92. The van der Waals surface area contributed by atoms with E-state index < -0.39 is 33.4 Å². The maximum absolute atomic E-state index is 13.0. The summed E-state index contributed by atoms with van der Waals surface area (Å²) in [7, 11) is -3.61. The monoisotopic (exact) mass is 627 g/mol. The van der Waals surface area contributed by atoms with Gasteiger partial charge < -0.3 is 20.8 Å². The fourth-order valence-corrected chi connectivity index (χ4v) is 4.96. The molecular weight excluding hydrogens is 595 g/mol. The molecule has 228 valence electrons. The number of anilines is 1. The molecule has 5 N–H and O–H groups in total. The fraction of sp³-hybridized carbons (Fsp3) is 0.345. The van der Waals surface area contributed by atoms with E-state index in [-0.39, 0.29) is 47.4 Å². The summed E-state index contributed by atoms with van der Waals surface area (Å²) in [6, 6.07) is 14.5. The quantitative estimate of drug-likeness (QED) is 0.181. The summed E-state index contributed by atoms with van der Waals surface area (Å²) in [5.74, 6) is -0.623. The van der Waals surface area contributed by atoms with E-state index in [9.17, 15) is 36.6 Å². The molecule has 0 aromatic heterocycles. The zero-order chi connectivity index (χ0) is 31.3. The fourth-order valence-electron chi connectivity index (χ4n) is 4.21. The van der Waals surface area contributed by atoms with Crippen LogP contribution in [0.4, 0.5) is 18.9 Å². The molecule has 0 unspecified atom stereocenters. The van der Waals surface area contributed by atoms with Crippen molar-refractivity contribution in [2.45, 2.75) is 51.1 Å². The first-order valence-corrected chi connectivity index (χ1v) is 15.1. The number of carbonyl (C=O) groups is 1. The van der Waals surface area contributed by atoms with Crippen LogP contribution in [-0.4, -0.2) is 42.9 Å². The van der Waals surface area contributed by atoms with Crippen molar-refractivity contribution in [1.82, 2.24) is 10.6 Å². The van der Waals surface area contributed by atoms with Gasteiger partial charge in [-0.15, -0.1) is 0 Å². The molecule has 0 aliphatic heterocycles. The molecule has 0 spiro atoms. The third-order valence-corrected chi connectivity index (χ3v) is 7.32. The molecule has 0 bridgehead atoms. The van der Waals surface area contributed by atoms with Gasteiger partial charge in [0.2, 0.25) is 15.9 Å². The number of phenolic OH excluding ortho intramolecular Hbond substituents is 1. The van der Waals surface area contributed by atoms with Crippen molar-refractivity contribution in [2.24, 2.45) is 0 Å². The van der Waals surface area contributed by atoms with Crippen molar-refractivity contribution >= 4 is 33.2 Å². The number of aromatic hydroxyl groups is 1. The summed E-state index contributed by atoms with van der Waals surface area (Å²) in [6.07, 6.45) is -3.91. The Morgan fingerprint density at radius 3 is 2.26 bits per heavy atom. The van der Waals surface area contributed by atoms with Gasteiger partial charge in [0.25, 0.3) is 0 Å². The van der Waals surface area contributed by atoms with Gasteiger partial charge in [0, 0.05) is 23.7 Å². The zero-order valence-corrected chi connectivity index (χ0v) is 24.8. The molecule has 1 atom stereocenters. The maximum atomic E-state index is 13.0. The van der Waals surface area contributed by atoms with Crippen molar-refractivity contribution in [3.05, 3.63) is 93.5 Å². The number of amides is 1. The van der Waals surface area contributed by atoms with Crippen LogP contribution in [0.1, 0.15) is 47.8 Å². The van der Waals surface area contributed by atoms with E-state index in [1.165, 1.54) is 18.2 Å². The third-order valence-electron chi connectivity index (χ3n) is 6.36. The number of aliphatic hydroxyl groups is 1. The first kappa shape index (κ1) is 33.2. The number of alkyl halides is 3. The van der Waals surface area contributed by atoms with E-state index in [4.69, 9.17) is 11.6 Å². The SMILES string of the molecule is CC(C)(Cc1ccc(CC(=O)NCc2cc(C(F)(F)F)ccc2Cl)cc1)NC[C@@H](O)c1ccc(O)c(NS(C)(=O)=O)c1. The van der Waals surface area contributed by atoms with E-state index in [1.807, 2.05) is 26.0 Å². The molecule has 3 aromatic carbocycles. The Kier molecular flexibility index (Phi) is 10.5. The largest absolute Gasteiger partial charge is 0.506 e. The lowest BCUT2D eigenvalue weighted by molar-refractivity contribution is -0.137. The maximum Gasteiger partial charge on any atom is 0.416 e. The third kappa shape index (κ3) is 10.2. The van der Waals surface area contributed by atoms with Crippen LogP contribution >= 0.6 is 11.6 Å². The molecule has 0 saturated carbocycles. The highest BCUT2D eigenvalue weighted by Gasteiger charge is 2.31. The smallest absolute Gasteiger partial charge is 0.416 e. The van der Waals surface area contributed by atoms with Gasteiger partial charge in [0.05, 0.1) is 30.0 Å². The molecule has 8 nitrogen and oxygen atoms in total. The first-order valence-electron chi connectivity index (χ1n) is 12.9. The first-order chi connectivity index (χ1) is 19.4. The van der Waals surface area contributed by atoms with Crippen LogP contribution in [0.5, 0.6) is 5.75 Å². The summed E-state index contributed by atoms with van der Waals surface area (Å²) in [5.41, 5.74) is 0.960. The number of benzene rings is 3. The van der Waals surface area contributed by atoms with Gasteiger partial charge in [0.15, 0.2) is 0 Å². The number of carbonyl (C=O) groups excluding carboxylic acids is 1. The van der Waals surface area contributed by atoms with E-state index >= 15 is 0 Å². The summed E-state index contributed by atoms with van der Waals surface area (Å²) < 4.78 is 64.2. The van der Waals surface area contributed by atoms with Crippen LogP contribution in [0.2, 0.25) is 5.02 Å². The van der Waals surface area contributed by atoms with Gasteiger partial charge in [-0.25, -0.2) is 8.42 Å². The molecule has 3 rings (SSSR count). The highest BCUT2D eigenvalue weighted by Crippen LogP contribution is 2.32. The Morgan fingerprint density at radius 1 is 1.00 bits per heavy atom. The van der Waals surface area contributed by atoms with Crippen LogP contribution in [0.15, 0.2) is 60.7 Å². The lowest BCUT2D eigenvalue weighted by Crippen LogP contribution is -2.43. The van der Waals surface area contributed by atoms with E-state index in [1.54, 1.807) is 12.1 Å². The minimum Gasteiger partial charge on any atom is -0.506 e. The average Bonchev–Trinajstić information content (AvgIpc) is 2.87. The average molecular weight is 628 g/mol. The molecule has 0 aliphatic carbocycles. The minimum absolute atomic E-state index is 0.0264. The van der Waals surface area contributed by atoms with Crippen molar-refractivity contribution < 1.29 is 36.6 Å². The summed E-state index contributed by atoms with van der Waals surface area (Å²) in [4.78, 5) is 12.4. The lowest BCUT2D eigenvalue weighted by atomic mass is 9.93. The summed E-state index contributed by atoms with van der Waals surface area (Å²) in [6.45, 7) is 3.93. The predicted octanol–water partition coefficient (Wildman–Crippen LogP) is 4.94. The van der Waals surface area contributed by atoms with Crippen LogP contribution < -0.4 is 15.4 Å². The minimum atomic E-state index is -4.51. The second-order valence-electron chi connectivity index (χ2n) is 10.7. The number of hydrogen-bond donors (Lipinski definition) is 5. The van der Waals surface area contributed by atoms with Gasteiger partial charge in [-0.05, 0) is 72.9 Å². The van der Waals surface area contributed by atoms with Gasteiger partial charge in [-0.2, -0.15) is 13.2 Å². The molecule has 0 saturated heterocycles. The molecule has 0 heterocycles. The Hall–Kier alpha value is -3.32. The van der Waals surface area contributed by atoms with Crippen LogP contribution in [0.3, 0.4) is 0 Å². The number of rotatable bonds is 12. The van der Waals surface area contributed by atoms with Gasteiger partial charge in [-0.3, -0.25) is 9.52 Å². The van der Waals surface area contributed by atoms with Crippen molar-refractivity contribution in [1.29, 1.82) is 0 Å². The Bertz CT molecular complexity index is 1510. The molecule has 13 heteroatoms. The number of halogens is 4. The van der Waals surface area contributed by atoms with E-state index in [0.29, 0.717) is 12.0 Å². The second-order valence-corrected chi connectivity index (χ2v) is 12.8. The van der Waals surface area contributed by atoms with Gasteiger partial charge in [0.1, 0.15) is 5.75 Å². The molecule has 42 heavy (non-hydrogen) atoms. The molecule has 1 amide bonds. The Morgan fingerprint density at radius 2 is 1.64 bits per heavy atom. The van der Waals surface area contributed by atoms with Crippen LogP contribution in [-0.2, 0) is 40.4 Å². The number of sulfonamides is 1. The van der Waals surface area contributed by atoms with Crippen molar-refractivity contribution in [3.63, 3.8) is 0 Å². The number of phenols is 1. The van der Waals surface area contributed by atoms with Crippen molar-refractivity contribution in [3.8, 4) is 5.75 Å². The lowest BCUT2D eigenvalue weighted by Gasteiger charge is -2.28. The Balaban J connectivity index is 1.52. The predicted molar refractivity (Wildman–Crippen MR) is 156 cm³/mol. The molecular formula is C29H33ClF3N3O5S. The second kappa shape index (κ2) is 13.3. The van der Waals surface area contributed by atoms with Crippen LogP contribution in [0, 0.1) is 0 Å². The van der Waals surface area contributed by atoms with Gasteiger partial charge in [-0.1, -0.05) is 41.9 Å². The highest BCUT2D eigenvalue weighted by atomic mass is 35.5. The number of hydrogen-bond acceptors (Lipinski definition) is 6. The molecule has 0 aliphatic rings. The number of aliphatic hydroxyl groups excluding tert-OH is 1.